The van der Waals surface area contributed by atoms with Crippen molar-refractivity contribution < 1.29 is 99.9 Å². The van der Waals surface area contributed by atoms with E-state index in [1.54, 1.807) is 0 Å². The van der Waals surface area contributed by atoms with Crippen molar-refractivity contribution >= 4 is 5.90 Å². The number of hydrogen-bond acceptors (Lipinski definition) is 21. The number of hydrogen-bond donors (Lipinski definition) is 14. The lowest BCUT2D eigenvalue weighted by molar-refractivity contribution is -0.339. The first-order chi connectivity index (χ1) is 22.2. The molecule has 0 amide bonds. The highest BCUT2D eigenvalue weighted by molar-refractivity contribution is 5.75. The maximum atomic E-state index is 11.1. The molecule has 0 aliphatic carbocycles. The molecule has 3 rings (SSSR count). The van der Waals surface area contributed by atoms with Crippen LogP contribution in [0, 0.1) is 0 Å². The van der Waals surface area contributed by atoms with Gasteiger partial charge in [0.05, 0.1) is 32.0 Å². The van der Waals surface area contributed by atoms with Crippen LogP contribution in [0.1, 0.15) is 19.8 Å². The molecule has 2 saturated heterocycles. The molecule has 2 fully saturated rings. The average Bonchev–Trinajstić information content (AvgIpc) is 3.43. The SMILES string of the molecule is CC1=NC2[C@@H](O1)OC(CO)[C@@H](O[C@H](O)C(O)[C@@H](O[C@H]1O[C@@H](CO)[C@@H](O)C(O)C1O)[C@H](O)CCO[C@@H](O)C(O)[C@@H](O)[C@H](O)CCO)[C@@H]2O. The Morgan fingerprint density at radius 3 is 1.98 bits per heavy atom. The molecular formula is C26H47NO20. The van der Waals surface area contributed by atoms with Gasteiger partial charge in [0.15, 0.2) is 24.8 Å². The van der Waals surface area contributed by atoms with E-state index in [0.29, 0.717) is 0 Å². The lowest BCUT2D eigenvalue weighted by atomic mass is 9.97. The van der Waals surface area contributed by atoms with Gasteiger partial charge in [0, 0.05) is 13.5 Å². The number of fused-ring (bicyclic) bond motifs is 1. The Bertz CT molecular complexity index is 963. The van der Waals surface area contributed by atoms with Gasteiger partial charge in [-0.05, 0) is 12.8 Å². The monoisotopic (exact) mass is 693 g/mol. The molecule has 0 aromatic carbocycles. The first kappa shape index (κ1) is 40.1. The largest absolute Gasteiger partial charge is 0.450 e. The molecule has 47 heavy (non-hydrogen) atoms. The zero-order valence-corrected chi connectivity index (χ0v) is 25.3. The standard InChI is InChI=1S/C26H47NO20/c1-8-27-13-16(35)22(12(7-30)45-25(13)43-8)46-24(41)20(39)21(47-26-19(38)17(36)15(34)11(6-29)44-26)10(32)3-5-42-23(40)18(37)14(33)9(31)2-4-28/h9-26,28-41H,2-7H2,1H3/t9-,10-,11+,12?,13?,14+,15-,16-,17?,18?,19?,20?,21+,22-,23-,24+,25+,26-/m1/s1. The van der Waals surface area contributed by atoms with Crippen LogP contribution in [-0.2, 0) is 28.4 Å². The summed E-state index contributed by atoms with van der Waals surface area (Å²) < 4.78 is 32.1. The summed E-state index contributed by atoms with van der Waals surface area (Å²) in [7, 11) is 0. The maximum Gasteiger partial charge on any atom is 0.227 e. The summed E-state index contributed by atoms with van der Waals surface area (Å²) in [5, 5.41) is 142. The molecule has 3 heterocycles. The second-order valence-corrected chi connectivity index (χ2v) is 11.4. The highest BCUT2D eigenvalue weighted by atomic mass is 16.7. The van der Waals surface area contributed by atoms with Crippen molar-refractivity contribution in [2.75, 3.05) is 26.4 Å². The van der Waals surface area contributed by atoms with E-state index in [-0.39, 0.29) is 12.3 Å². The number of aliphatic hydroxyl groups is 14. The van der Waals surface area contributed by atoms with Crippen LogP contribution >= 0.6 is 0 Å². The zero-order valence-electron chi connectivity index (χ0n) is 25.3. The van der Waals surface area contributed by atoms with Gasteiger partial charge in [-0.1, -0.05) is 0 Å². The molecule has 0 radical (unpaired) electrons. The summed E-state index contributed by atoms with van der Waals surface area (Å²) in [5.74, 6) is 0.170. The van der Waals surface area contributed by atoms with E-state index in [1.165, 1.54) is 6.92 Å². The minimum absolute atomic E-state index is 0.170. The number of aliphatic hydroxyl groups excluding tert-OH is 14. The molecule has 3 aliphatic rings. The van der Waals surface area contributed by atoms with Crippen molar-refractivity contribution in [2.45, 2.75) is 130 Å². The molecule has 6 unspecified atom stereocenters. The van der Waals surface area contributed by atoms with E-state index in [9.17, 15) is 66.4 Å². The molecule has 3 aliphatic heterocycles. The van der Waals surface area contributed by atoms with Gasteiger partial charge in [0.1, 0.15) is 73.2 Å². The van der Waals surface area contributed by atoms with Gasteiger partial charge >= 0.3 is 0 Å². The Labute approximate surface area is 268 Å². The predicted molar refractivity (Wildman–Crippen MR) is 148 cm³/mol. The fourth-order valence-corrected chi connectivity index (χ4v) is 5.27. The van der Waals surface area contributed by atoms with E-state index in [2.05, 4.69) is 4.99 Å². The minimum atomic E-state index is -2.34. The fourth-order valence-electron chi connectivity index (χ4n) is 5.27. The number of aliphatic imine (C=N–C) groups is 1. The van der Waals surface area contributed by atoms with E-state index in [4.69, 9.17) is 33.5 Å². The van der Waals surface area contributed by atoms with Gasteiger partial charge in [-0.2, -0.15) is 0 Å². The summed E-state index contributed by atoms with van der Waals surface area (Å²) in [6.07, 6.45) is -31.7. The molecule has 0 bridgehead atoms. The first-order valence-corrected chi connectivity index (χ1v) is 14.9. The van der Waals surface area contributed by atoms with Gasteiger partial charge in [-0.3, -0.25) is 0 Å². The second-order valence-electron chi connectivity index (χ2n) is 11.4. The molecule has 276 valence electrons. The van der Waals surface area contributed by atoms with Crippen LogP contribution in [0.3, 0.4) is 0 Å². The van der Waals surface area contributed by atoms with Crippen LogP contribution in [0.5, 0.6) is 0 Å². The third kappa shape index (κ3) is 9.70. The Morgan fingerprint density at radius 1 is 0.702 bits per heavy atom. The summed E-state index contributed by atoms with van der Waals surface area (Å²) >= 11 is 0. The van der Waals surface area contributed by atoms with Crippen molar-refractivity contribution in [1.29, 1.82) is 0 Å². The van der Waals surface area contributed by atoms with Crippen LogP contribution in [-0.4, -0.2) is 214 Å². The Morgan fingerprint density at radius 2 is 1.36 bits per heavy atom. The lowest BCUT2D eigenvalue weighted by Gasteiger charge is -2.43. The van der Waals surface area contributed by atoms with Gasteiger partial charge in [-0.15, -0.1) is 0 Å². The zero-order chi connectivity index (χ0) is 35.2. The summed E-state index contributed by atoms with van der Waals surface area (Å²) in [6, 6.07) is -1.03. The predicted octanol–water partition coefficient (Wildman–Crippen LogP) is -8.32. The molecule has 18 atom stereocenters. The van der Waals surface area contributed by atoms with Gasteiger partial charge < -0.3 is 99.9 Å². The normalized spacial score (nSPS) is 37.9. The number of ether oxygens (including phenoxy) is 6. The third-order valence-corrected chi connectivity index (χ3v) is 8.05. The lowest BCUT2D eigenvalue weighted by Crippen LogP contribution is -2.62. The second kappa shape index (κ2) is 18.1. The Hall–Kier alpha value is -1.29. The summed E-state index contributed by atoms with van der Waals surface area (Å²) in [6.45, 7) is -1.26. The van der Waals surface area contributed by atoms with Crippen molar-refractivity contribution in [3.8, 4) is 0 Å². The van der Waals surface area contributed by atoms with Crippen molar-refractivity contribution in [1.82, 2.24) is 0 Å². The topological polar surface area (TPSA) is 351 Å². The van der Waals surface area contributed by atoms with Crippen LogP contribution in [0.15, 0.2) is 4.99 Å². The highest BCUT2D eigenvalue weighted by Crippen LogP contribution is 2.32. The van der Waals surface area contributed by atoms with E-state index in [0.717, 1.165) is 0 Å². The smallest absolute Gasteiger partial charge is 0.227 e. The van der Waals surface area contributed by atoms with Crippen LogP contribution < -0.4 is 0 Å². The van der Waals surface area contributed by atoms with Crippen LogP contribution in [0.4, 0.5) is 0 Å². The quantitative estimate of drug-likeness (QED) is 0.0592. The summed E-state index contributed by atoms with van der Waals surface area (Å²) in [5.41, 5.74) is 0. The maximum absolute atomic E-state index is 11.1. The number of rotatable bonds is 18. The summed E-state index contributed by atoms with van der Waals surface area (Å²) in [4.78, 5) is 4.08. The number of nitrogens with zero attached hydrogens (tertiary/aromatic N) is 1. The van der Waals surface area contributed by atoms with Crippen LogP contribution in [0.25, 0.3) is 0 Å². The van der Waals surface area contributed by atoms with E-state index >= 15 is 0 Å². The molecule has 0 aromatic heterocycles. The van der Waals surface area contributed by atoms with Gasteiger partial charge in [-0.25, -0.2) is 4.99 Å². The molecule has 14 N–H and O–H groups in total. The molecule has 21 heteroatoms. The van der Waals surface area contributed by atoms with Crippen molar-refractivity contribution in [3.63, 3.8) is 0 Å². The molecule has 0 saturated carbocycles. The van der Waals surface area contributed by atoms with Gasteiger partial charge in [0.2, 0.25) is 6.29 Å². The van der Waals surface area contributed by atoms with Crippen molar-refractivity contribution in [3.05, 3.63) is 0 Å². The highest BCUT2D eigenvalue weighted by Gasteiger charge is 2.52. The Balaban J connectivity index is 1.74. The first-order valence-electron chi connectivity index (χ1n) is 14.9. The molecule has 0 spiro atoms. The molecule has 0 aromatic rings. The molecular weight excluding hydrogens is 646 g/mol. The van der Waals surface area contributed by atoms with Crippen LogP contribution in [0.2, 0.25) is 0 Å². The van der Waals surface area contributed by atoms with E-state index in [1.807, 2.05) is 0 Å². The third-order valence-electron chi connectivity index (χ3n) is 8.05. The van der Waals surface area contributed by atoms with Gasteiger partial charge in [0.25, 0.3) is 0 Å². The fraction of sp³-hybridized carbons (Fsp3) is 0.962. The average molecular weight is 694 g/mol. The minimum Gasteiger partial charge on any atom is -0.450 e. The Kier molecular flexibility index (Phi) is 15.5. The molecule has 21 nitrogen and oxygen atoms in total. The van der Waals surface area contributed by atoms with Crippen molar-refractivity contribution in [2.24, 2.45) is 4.99 Å². The van der Waals surface area contributed by atoms with E-state index < -0.39 is 143 Å².